The number of aromatic nitrogens is 5. The number of ether oxygens (including phenoxy) is 1. The van der Waals surface area contributed by atoms with Crippen LogP contribution in [0.2, 0.25) is 0 Å². The molecule has 134 valence electrons. The number of nitrogens with one attached hydrogen (secondary N) is 1. The fourth-order valence-electron chi connectivity index (χ4n) is 3.40. The summed E-state index contributed by atoms with van der Waals surface area (Å²) < 4.78 is 7.58. The minimum absolute atomic E-state index is 0.253. The highest BCUT2D eigenvalue weighted by Gasteiger charge is 2.29. The summed E-state index contributed by atoms with van der Waals surface area (Å²) in [7, 11) is 0. The van der Waals surface area contributed by atoms with Crippen LogP contribution >= 0.6 is 0 Å². The first-order valence-electron chi connectivity index (χ1n) is 9.37. The predicted molar refractivity (Wildman–Crippen MR) is 98.1 cm³/mol. The Balaban J connectivity index is 1.47. The Morgan fingerprint density at radius 3 is 2.77 bits per heavy atom. The highest BCUT2D eigenvalue weighted by Crippen LogP contribution is 2.39. The third-order valence-corrected chi connectivity index (χ3v) is 5.02. The van der Waals surface area contributed by atoms with Crippen LogP contribution in [-0.4, -0.2) is 44.2 Å². The van der Waals surface area contributed by atoms with E-state index in [-0.39, 0.29) is 6.10 Å². The molecule has 3 heterocycles. The van der Waals surface area contributed by atoms with Gasteiger partial charge in [0.15, 0.2) is 17.0 Å². The lowest BCUT2D eigenvalue weighted by Crippen LogP contribution is -2.19. The number of rotatable bonds is 6. The van der Waals surface area contributed by atoms with E-state index < -0.39 is 0 Å². The summed E-state index contributed by atoms with van der Waals surface area (Å²) >= 11 is 0. The van der Waals surface area contributed by atoms with Gasteiger partial charge in [0.05, 0.1) is 12.6 Å². The number of hydrogen-bond acceptors (Lipinski definition) is 6. The molecule has 1 aromatic carbocycles. The third kappa shape index (κ3) is 3.14. The van der Waals surface area contributed by atoms with Gasteiger partial charge in [0, 0.05) is 19.1 Å². The Hall–Kier alpha value is -2.54. The normalized spacial score (nSPS) is 19.9. The smallest absolute Gasteiger partial charge is 0.184 e. The molecule has 1 saturated heterocycles. The summed E-state index contributed by atoms with van der Waals surface area (Å²) in [5, 5.41) is 12.1. The molecule has 0 unspecified atom stereocenters. The van der Waals surface area contributed by atoms with Crippen molar-refractivity contribution < 1.29 is 4.74 Å². The van der Waals surface area contributed by atoms with E-state index in [9.17, 15) is 0 Å². The molecule has 5 rings (SSSR count). The van der Waals surface area contributed by atoms with Gasteiger partial charge in [0.2, 0.25) is 0 Å². The lowest BCUT2D eigenvalue weighted by Gasteiger charge is -2.12. The van der Waals surface area contributed by atoms with E-state index in [2.05, 4.69) is 27.8 Å². The topological polar surface area (TPSA) is 77.8 Å². The van der Waals surface area contributed by atoms with E-state index in [1.165, 1.54) is 5.56 Å². The minimum atomic E-state index is 0.253. The molecule has 7 heteroatoms. The highest BCUT2D eigenvalue weighted by molar-refractivity contribution is 5.82. The van der Waals surface area contributed by atoms with E-state index in [0.717, 1.165) is 61.6 Å². The molecule has 7 nitrogen and oxygen atoms in total. The van der Waals surface area contributed by atoms with Crippen molar-refractivity contribution in [3.05, 3.63) is 41.7 Å². The first-order valence-corrected chi connectivity index (χ1v) is 9.37. The van der Waals surface area contributed by atoms with Crippen molar-refractivity contribution in [3.63, 3.8) is 0 Å². The first kappa shape index (κ1) is 15.7. The first-order chi connectivity index (χ1) is 12.9. The van der Waals surface area contributed by atoms with Crippen molar-refractivity contribution >= 4 is 17.0 Å². The average Bonchev–Trinajstić information content (AvgIpc) is 3.25. The number of fused-ring (bicyclic) bond motifs is 1. The summed E-state index contributed by atoms with van der Waals surface area (Å²) in [5.41, 5.74) is 2.73. The highest BCUT2D eigenvalue weighted by atomic mass is 16.5. The molecule has 26 heavy (non-hydrogen) atoms. The molecule has 2 aliphatic rings. The standard InChI is InChI=1S/C19H22N6O/c1-2-5-13(6-3-1)12-25-19-16(23-24-25)18(20-11-15-7-4-10-26-15)21-17(22-19)14-8-9-14/h1-3,5-6,14-15H,4,7-12H2,(H,20,21,22)/t15-/m1/s1. The SMILES string of the molecule is c1ccc(Cn2nnc3c(NC[C@H]4CCCO4)nc(C4CC4)nc32)cc1. The van der Waals surface area contributed by atoms with Crippen LogP contribution in [0, 0.1) is 0 Å². The van der Waals surface area contributed by atoms with Gasteiger partial charge in [0.25, 0.3) is 0 Å². The monoisotopic (exact) mass is 350 g/mol. The zero-order chi connectivity index (χ0) is 17.3. The Morgan fingerprint density at radius 1 is 1.12 bits per heavy atom. The number of hydrogen-bond donors (Lipinski definition) is 1. The van der Waals surface area contributed by atoms with Gasteiger partial charge >= 0.3 is 0 Å². The van der Waals surface area contributed by atoms with Crippen molar-refractivity contribution in [1.82, 2.24) is 25.0 Å². The lowest BCUT2D eigenvalue weighted by molar-refractivity contribution is 0.120. The second-order valence-corrected chi connectivity index (χ2v) is 7.13. The molecular weight excluding hydrogens is 328 g/mol. The van der Waals surface area contributed by atoms with Crippen molar-refractivity contribution in [2.24, 2.45) is 0 Å². The molecular formula is C19H22N6O. The van der Waals surface area contributed by atoms with Crippen LogP contribution in [-0.2, 0) is 11.3 Å². The Bertz CT molecular complexity index is 899. The van der Waals surface area contributed by atoms with Gasteiger partial charge in [-0.3, -0.25) is 0 Å². The van der Waals surface area contributed by atoms with Crippen molar-refractivity contribution in [1.29, 1.82) is 0 Å². The molecule has 2 aromatic heterocycles. The summed E-state index contributed by atoms with van der Waals surface area (Å²) in [5.74, 6) is 2.17. The number of benzene rings is 1. The Kier molecular flexibility index (Phi) is 4.01. The van der Waals surface area contributed by atoms with Crippen LogP contribution in [0.5, 0.6) is 0 Å². The molecule has 1 aliphatic carbocycles. The minimum Gasteiger partial charge on any atom is -0.376 e. The molecule has 1 saturated carbocycles. The van der Waals surface area contributed by atoms with Gasteiger partial charge in [-0.15, -0.1) is 5.10 Å². The second-order valence-electron chi connectivity index (χ2n) is 7.13. The van der Waals surface area contributed by atoms with Gasteiger partial charge in [-0.05, 0) is 31.2 Å². The van der Waals surface area contributed by atoms with Gasteiger partial charge in [-0.1, -0.05) is 35.5 Å². The molecule has 1 atom stereocenters. The van der Waals surface area contributed by atoms with Gasteiger partial charge < -0.3 is 10.1 Å². The maximum Gasteiger partial charge on any atom is 0.184 e. The van der Waals surface area contributed by atoms with Crippen LogP contribution in [0.3, 0.4) is 0 Å². The molecule has 1 N–H and O–H groups in total. The molecule has 0 amide bonds. The summed E-state index contributed by atoms with van der Waals surface area (Å²) in [6.07, 6.45) is 4.81. The average molecular weight is 350 g/mol. The Labute approximate surface area is 151 Å². The van der Waals surface area contributed by atoms with E-state index in [1.807, 2.05) is 22.9 Å². The van der Waals surface area contributed by atoms with E-state index in [1.54, 1.807) is 0 Å². The number of nitrogens with zero attached hydrogens (tertiary/aromatic N) is 5. The molecule has 0 radical (unpaired) electrons. The van der Waals surface area contributed by atoms with Crippen molar-refractivity contribution in [3.8, 4) is 0 Å². The lowest BCUT2D eigenvalue weighted by atomic mass is 10.2. The summed E-state index contributed by atoms with van der Waals surface area (Å²) in [6, 6.07) is 10.3. The molecule has 2 fully saturated rings. The van der Waals surface area contributed by atoms with Crippen LogP contribution < -0.4 is 5.32 Å². The summed E-state index contributed by atoms with van der Waals surface area (Å²) in [4.78, 5) is 9.54. The molecule has 0 bridgehead atoms. The largest absolute Gasteiger partial charge is 0.376 e. The van der Waals surface area contributed by atoms with Crippen LogP contribution in [0.1, 0.15) is 43.0 Å². The maximum absolute atomic E-state index is 5.71. The van der Waals surface area contributed by atoms with Gasteiger partial charge in [-0.2, -0.15) is 0 Å². The fraction of sp³-hybridized carbons (Fsp3) is 0.474. The maximum atomic E-state index is 5.71. The van der Waals surface area contributed by atoms with E-state index in [0.29, 0.717) is 12.5 Å². The van der Waals surface area contributed by atoms with Gasteiger partial charge in [0.1, 0.15) is 5.82 Å². The van der Waals surface area contributed by atoms with Crippen LogP contribution in [0.25, 0.3) is 11.2 Å². The zero-order valence-electron chi connectivity index (χ0n) is 14.6. The predicted octanol–water partition coefficient (Wildman–Crippen LogP) is 2.74. The molecule has 1 aliphatic heterocycles. The van der Waals surface area contributed by atoms with Crippen molar-refractivity contribution in [2.45, 2.75) is 44.2 Å². The van der Waals surface area contributed by atoms with E-state index in [4.69, 9.17) is 14.7 Å². The molecule has 0 spiro atoms. The summed E-state index contributed by atoms with van der Waals surface area (Å²) in [6.45, 7) is 2.26. The third-order valence-electron chi connectivity index (χ3n) is 5.02. The molecule has 3 aromatic rings. The van der Waals surface area contributed by atoms with E-state index >= 15 is 0 Å². The van der Waals surface area contributed by atoms with Crippen LogP contribution in [0.4, 0.5) is 5.82 Å². The van der Waals surface area contributed by atoms with Crippen LogP contribution in [0.15, 0.2) is 30.3 Å². The quantitative estimate of drug-likeness (QED) is 0.736. The number of anilines is 1. The fourth-order valence-corrected chi connectivity index (χ4v) is 3.40. The zero-order valence-corrected chi connectivity index (χ0v) is 14.6. The van der Waals surface area contributed by atoms with Crippen molar-refractivity contribution in [2.75, 3.05) is 18.5 Å². The van der Waals surface area contributed by atoms with Gasteiger partial charge in [-0.25, -0.2) is 14.6 Å². The Morgan fingerprint density at radius 2 is 2.00 bits per heavy atom. The second kappa shape index (κ2) is 6.64.